The Kier molecular flexibility index (Phi) is 5.69. The summed E-state index contributed by atoms with van der Waals surface area (Å²) in [5.74, 6) is 0.534. The van der Waals surface area contributed by atoms with Crippen LogP contribution in [0.1, 0.15) is 45.4 Å². The number of rotatable bonds is 5. The molecule has 2 unspecified atom stereocenters. The summed E-state index contributed by atoms with van der Waals surface area (Å²) >= 11 is 0. The second kappa shape index (κ2) is 6.83. The van der Waals surface area contributed by atoms with Gasteiger partial charge in [0.1, 0.15) is 0 Å². The first kappa shape index (κ1) is 12.5. The highest BCUT2D eigenvalue weighted by Gasteiger charge is 2.21. The van der Waals surface area contributed by atoms with Crippen LogP contribution in [0, 0.1) is 5.92 Å². The van der Waals surface area contributed by atoms with E-state index in [1.54, 1.807) is 0 Å². The fraction of sp³-hybridized carbons (Fsp3) is 0.917. The lowest BCUT2D eigenvalue weighted by molar-refractivity contribution is -0.141. The highest BCUT2D eigenvalue weighted by molar-refractivity contribution is 5.68. The maximum atomic E-state index is 10.8. The Labute approximate surface area is 92.1 Å². The number of esters is 1. The lowest BCUT2D eigenvalue weighted by atomic mass is 9.88. The van der Waals surface area contributed by atoms with Crippen LogP contribution in [-0.4, -0.2) is 25.8 Å². The summed E-state index contributed by atoms with van der Waals surface area (Å²) in [4.78, 5) is 10.8. The van der Waals surface area contributed by atoms with E-state index in [1.807, 2.05) is 0 Å². The molecule has 1 aliphatic rings. The van der Waals surface area contributed by atoms with Gasteiger partial charge in [0.15, 0.2) is 0 Å². The van der Waals surface area contributed by atoms with Crippen molar-refractivity contribution in [2.24, 2.45) is 5.92 Å². The molecule has 1 saturated carbocycles. The van der Waals surface area contributed by atoms with Crippen LogP contribution in [0.3, 0.4) is 0 Å². The normalized spacial score (nSPS) is 26.3. The molecule has 0 heterocycles. The van der Waals surface area contributed by atoms with Gasteiger partial charge in [-0.05, 0) is 25.2 Å². The third-order valence-corrected chi connectivity index (χ3v) is 3.12. The summed E-state index contributed by atoms with van der Waals surface area (Å²) in [6.45, 7) is 2.94. The van der Waals surface area contributed by atoms with E-state index in [1.165, 1.54) is 32.8 Å². The molecule has 15 heavy (non-hydrogen) atoms. The van der Waals surface area contributed by atoms with E-state index < -0.39 is 0 Å². The molecule has 3 heteroatoms. The number of hydrogen-bond acceptors (Lipinski definition) is 3. The second-order valence-electron chi connectivity index (χ2n) is 4.35. The zero-order valence-corrected chi connectivity index (χ0v) is 9.83. The number of carbonyl (C=O) groups is 1. The van der Waals surface area contributed by atoms with Gasteiger partial charge in [-0.2, -0.15) is 0 Å². The van der Waals surface area contributed by atoms with Crippen molar-refractivity contribution in [3.63, 3.8) is 0 Å². The first-order valence-electron chi connectivity index (χ1n) is 5.92. The topological polar surface area (TPSA) is 35.5 Å². The van der Waals surface area contributed by atoms with E-state index in [9.17, 15) is 4.79 Å². The summed E-state index contributed by atoms with van der Waals surface area (Å²) in [6.07, 6.45) is 6.74. The summed E-state index contributed by atoms with van der Waals surface area (Å²) < 4.78 is 10.4. The molecule has 88 valence electrons. The van der Waals surface area contributed by atoms with Crippen LogP contribution < -0.4 is 0 Å². The van der Waals surface area contributed by atoms with Crippen molar-refractivity contribution in [3.8, 4) is 0 Å². The van der Waals surface area contributed by atoms with E-state index >= 15 is 0 Å². The lowest BCUT2D eigenvalue weighted by Crippen LogP contribution is -2.26. The van der Waals surface area contributed by atoms with Gasteiger partial charge in [0.05, 0.1) is 13.2 Å². The number of hydrogen-bond donors (Lipinski definition) is 0. The fourth-order valence-corrected chi connectivity index (χ4v) is 2.08. The standard InChI is InChI=1S/C12H22O3/c1-10-6-3-4-7-11(10)15-9-5-8-12(13)14-2/h10-11H,3-9H2,1-2H3. The molecule has 0 spiro atoms. The highest BCUT2D eigenvalue weighted by atomic mass is 16.5. The molecule has 0 radical (unpaired) electrons. The highest BCUT2D eigenvalue weighted by Crippen LogP contribution is 2.26. The number of carbonyl (C=O) groups excluding carboxylic acids is 1. The predicted molar refractivity (Wildman–Crippen MR) is 58.6 cm³/mol. The molecule has 0 N–H and O–H groups in total. The largest absolute Gasteiger partial charge is 0.469 e. The first-order chi connectivity index (χ1) is 7.24. The Morgan fingerprint density at radius 1 is 1.33 bits per heavy atom. The van der Waals surface area contributed by atoms with Gasteiger partial charge >= 0.3 is 5.97 Å². The monoisotopic (exact) mass is 214 g/mol. The van der Waals surface area contributed by atoms with E-state index in [2.05, 4.69) is 11.7 Å². The van der Waals surface area contributed by atoms with E-state index in [0.717, 1.165) is 6.42 Å². The fourth-order valence-electron chi connectivity index (χ4n) is 2.08. The Morgan fingerprint density at radius 2 is 2.07 bits per heavy atom. The number of ether oxygens (including phenoxy) is 2. The minimum atomic E-state index is -0.143. The van der Waals surface area contributed by atoms with Gasteiger partial charge in [0.2, 0.25) is 0 Å². The number of methoxy groups -OCH3 is 1. The summed E-state index contributed by atoms with van der Waals surface area (Å²) in [5.41, 5.74) is 0. The smallest absolute Gasteiger partial charge is 0.305 e. The maximum absolute atomic E-state index is 10.8. The predicted octanol–water partition coefficient (Wildman–Crippen LogP) is 2.53. The van der Waals surface area contributed by atoms with Gasteiger partial charge in [0.25, 0.3) is 0 Å². The van der Waals surface area contributed by atoms with Crippen molar-refractivity contribution in [2.45, 2.75) is 51.6 Å². The van der Waals surface area contributed by atoms with Crippen molar-refractivity contribution in [2.75, 3.05) is 13.7 Å². The summed E-state index contributed by atoms with van der Waals surface area (Å²) in [5, 5.41) is 0. The molecule has 2 atom stereocenters. The van der Waals surface area contributed by atoms with Crippen LogP contribution in [0.4, 0.5) is 0 Å². The van der Waals surface area contributed by atoms with Crippen LogP contribution in [0.15, 0.2) is 0 Å². The van der Waals surface area contributed by atoms with E-state index in [0.29, 0.717) is 25.0 Å². The molecule has 3 nitrogen and oxygen atoms in total. The van der Waals surface area contributed by atoms with Crippen molar-refractivity contribution in [1.29, 1.82) is 0 Å². The van der Waals surface area contributed by atoms with Gasteiger partial charge in [0, 0.05) is 13.0 Å². The third kappa shape index (κ3) is 4.65. The Hall–Kier alpha value is -0.570. The molecule has 0 aromatic rings. The summed E-state index contributed by atoms with van der Waals surface area (Å²) in [6, 6.07) is 0. The second-order valence-corrected chi connectivity index (χ2v) is 4.35. The Bertz CT molecular complexity index is 191. The zero-order valence-electron chi connectivity index (χ0n) is 9.83. The minimum Gasteiger partial charge on any atom is -0.469 e. The molecule has 0 aromatic heterocycles. The quantitative estimate of drug-likeness (QED) is 0.521. The van der Waals surface area contributed by atoms with Crippen LogP contribution in [0.25, 0.3) is 0 Å². The third-order valence-electron chi connectivity index (χ3n) is 3.12. The van der Waals surface area contributed by atoms with Crippen LogP contribution >= 0.6 is 0 Å². The molecule has 1 fully saturated rings. The minimum absolute atomic E-state index is 0.143. The van der Waals surface area contributed by atoms with Crippen molar-refractivity contribution in [1.82, 2.24) is 0 Å². The molecule has 0 bridgehead atoms. The van der Waals surface area contributed by atoms with Crippen molar-refractivity contribution >= 4 is 5.97 Å². The maximum Gasteiger partial charge on any atom is 0.305 e. The van der Waals surface area contributed by atoms with Crippen LogP contribution in [0.2, 0.25) is 0 Å². The SMILES string of the molecule is COC(=O)CCCOC1CCCCC1C. The molecule has 0 aliphatic heterocycles. The zero-order chi connectivity index (χ0) is 11.1. The van der Waals surface area contributed by atoms with Crippen LogP contribution in [0.5, 0.6) is 0 Å². The molecule has 0 amide bonds. The average molecular weight is 214 g/mol. The average Bonchev–Trinajstić information content (AvgIpc) is 2.26. The molecule has 0 aromatic carbocycles. The van der Waals surface area contributed by atoms with E-state index in [-0.39, 0.29) is 5.97 Å². The molecule has 1 aliphatic carbocycles. The van der Waals surface area contributed by atoms with E-state index in [4.69, 9.17) is 4.74 Å². The molecule has 0 saturated heterocycles. The Morgan fingerprint density at radius 3 is 2.73 bits per heavy atom. The molecular formula is C12H22O3. The first-order valence-corrected chi connectivity index (χ1v) is 5.92. The summed E-state index contributed by atoms with van der Waals surface area (Å²) in [7, 11) is 1.42. The van der Waals surface area contributed by atoms with Crippen molar-refractivity contribution in [3.05, 3.63) is 0 Å². The Balaban J connectivity index is 2.06. The lowest BCUT2D eigenvalue weighted by Gasteiger charge is -2.28. The molecule has 1 rings (SSSR count). The van der Waals surface area contributed by atoms with Gasteiger partial charge < -0.3 is 9.47 Å². The van der Waals surface area contributed by atoms with Gasteiger partial charge in [-0.25, -0.2) is 0 Å². The van der Waals surface area contributed by atoms with Crippen molar-refractivity contribution < 1.29 is 14.3 Å². The van der Waals surface area contributed by atoms with Gasteiger partial charge in [-0.15, -0.1) is 0 Å². The van der Waals surface area contributed by atoms with Gasteiger partial charge in [-0.1, -0.05) is 19.8 Å². The van der Waals surface area contributed by atoms with Crippen LogP contribution in [-0.2, 0) is 14.3 Å². The molecular weight excluding hydrogens is 192 g/mol. The van der Waals surface area contributed by atoms with Gasteiger partial charge in [-0.3, -0.25) is 4.79 Å².